The molecule has 2 aromatic carbocycles. The van der Waals surface area contributed by atoms with Crippen LogP contribution < -0.4 is 10.0 Å². The summed E-state index contributed by atoms with van der Waals surface area (Å²) in [6.45, 7) is 0.896. The molecule has 0 saturated heterocycles. The first-order chi connectivity index (χ1) is 12.1. The van der Waals surface area contributed by atoms with Gasteiger partial charge in [-0.2, -0.15) is 0 Å². The third kappa shape index (κ3) is 4.60. The standard InChI is InChI=1S/C18H20N4O2S/c1-19-25(23,24)9-8-20-11-14-12-21-18(22-13-14)17-7-6-15-4-2-3-5-16(15)10-17/h2-7,10,12-13,19-20H,8-9,11H2,1H3. The van der Waals surface area contributed by atoms with Crippen LogP contribution in [0.25, 0.3) is 22.2 Å². The molecule has 0 aliphatic heterocycles. The first-order valence-electron chi connectivity index (χ1n) is 7.99. The minimum atomic E-state index is -3.18. The van der Waals surface area contributed by atoms with Crippen molar-refractivity contribution in [2.75, 3.05) is 19.3 Å². The Morgan fingerprint density at radius 1 is 1.00 bits per heavy atom. The molecule has 2 N–H and O–H groups in total. The molecule has 1 heterocycles. The van der Waals surface area contributed by atoms with Crippen LogP contribution in [0.2, 0.25) is 0 Å². The fourth-order valence-corrected chi connectivity index (χ4v) is 3.08. The fourth-order valence-electron chi connectivity index (χ4n) is 2.46. The summed E-state index contributed by atoms with van der Waals surface area (Å²) in [6.07, 6.45) is 3.52. The van der Waals surface area contributed by atoms with Crippen LogP contribution in [0.5, 0.6) is 0 Å². The van der Waals surface area contributed by atoms with E-state index in [0.29, 0.717) is 18.9 Å². The zero-order valence-corrected chi connectivity index (χ0v) is 14.8. The average molecular weight is 356 g/mol. The molecule has 25 heavy (non-hydrogen) atoms. The zero-order chi connectivity index (χ0) is 17.7. The van der Waals surface area contributed by atoms with Crippen molar-refractivity contribution in [1.82, 2.24) is 20.0 Å². The van der Waals surface area contributed by atoms with Crippen molar-refractivity contribution < 1.29 is 8.42 Å². The number of rotatable bonds is 7. The van der Waals surface area contributed by atoms with Crippen LogP contribution in [0, 0.1) is 0 Å². The summed E-state index contributed by atoms with van der Waals surface area (Å²) in [7, 11) is -1.77. The molecule has 0 aliphatic rings. The molecule has 3 rings (SSSR count). The Hall–Kier alpha value is -2.35. The van der Waals surface area contributed by atoms with E-state index < -0.39 is 10.0 Å². The van der Waals surface area contributed by atoms with E-state index >= 15 is 0 Å². The van der Waals surface area contributed by atoms with E-state index in [1.54, 1.807) is 12.4 Å². The van der Waals surface area contributed by atoms with Crippen molar-refractivity contribution in [2.45, 2.75) is 6.54 Å². The fraction of sp³-hybridized carbons (Fsp3) is 0.222. The lowest BCUT2D eigenvalue weighted by molar-refractivity contribution is 0.583. The normalized spacial score (nSPS) is 11.7. The van der Waals surface area contributed by atoms with E-state index in [1.807, 2.05) is 18.2 Å². The Bertz CT molecular complexity index is 956. The number of nitrogens with zero attached hydrogens (tertiary/aromatic N) is 2. The van der Waals surface area contributed by atoms with Gasteiger partial charge in [-0.3, -0.25) is 0 Å². The third-order valence-corrected chi connectivity index (χ3v) is 5.26. The number of sulfonamides is 1. The van der Waals surface area contributed by atoms with Crippen molar-refractivity contribution in [3.05, 3.63) is 60.4 Å². The van der Waals surface area contributed by atoms with Crippen LogP contribution in [0.15, 0.2) is 54.9 Å². The van der Waals surface area contributed by atoms with Gasteiger partial charge in [-0.25, -0.2) is 23.1 Å². The zero-order valence-electron chi connectivity index (χ0n) is 13.9. The summed E-state index contributed by atoms with van der Waals surface area (Å²) in [5, 5.41) is 5.41. The van der Waals surface area contributed by atoms with Crippen LogP contribution >= 0.6 is 0 Å². The smallest absolute Gasteiger partial charge is 0.212 e. The highest BCUT2D eigenvalue weighted by molar-refractivity contribution is 7.89. The van der Waals surface area contributed by atoms with Crippen molar-refractivity contribution in [1.29, 1.82) is 0 Å². The Morgan fingerprint density at radius 3 is 2.44 bits per heavy atom. The van der Waals surface area contributed by atoms with Gasteiger partial charge in [-0.15, -0.1) is 0 Å². The molecule has 0 bridgehead atoms. The Morgan fingerprint density at radius 2 is 1.72 bits per heavy atom. The van der Waals surface area contributed by atoms with Crippen LogP contribution in [0.1, 0.15) is 5.56 Å². The molecular formula is C18H20N4O2S. The van der Waals surface area contributed by atoms with E-state index in [0.717, 1.165) is 16.5 Å². The minimum absolute atomic E-state index is 0.0412. The molecule has 0 unspecified atom stereocenters. The Labute approximate surface area is 147 Å². The molecule has 0 aliphatic carbocycles. The summed E-state index contributed by atoms with van der Waals surface area (Å²) in [5.74, 6) is 0.715. The Kier molecular flexibility index (Phi) is 5.37. The number of hydrogen-bond acceptors (Lipinski definition) is 5. The topological polar surface area (TPSA) is 84.0 Å². The molecule has 0 radical (unpaired) electrons. The number of fused-ring (bicyclic) bond motifs is 1. The maximum atomic E-state index is 11.3. The van der Waals surface area contributed by atoms with E-state index in [2.05, 4.69) is 44.3 Å². The van der Waals surface area contributed by atoms with Gasteiger partial charge in [-0.1, -0.05) is 36.4 Å². The lowest BCUT2D eigenvalue weighted by Gasteiger charge is -2.06. The van der Waals surface area contributed by atoms with Gasteiger partial charge in [0, 0.05) is 36.6 Å². The number of aromatic nitrogens is 2. The van der Waals surface area contributed by atoms with Crippen LogP contribution in [0.3, 0.4) is 0 Å². The molecule has 0 atom stereocenters. The molecule has 0 amide bonds. The summed E-state index contributed by atoms with van der Waals surface area (Å²) >= 11 is 0. The average Bonchev–Trinajstić information content (AvgIpc) is 2.65. The number of benzene rings is 2. The van der Waals surface area contributed by atoms with E-state index in [4.69, 9.17) is 0 Å². The van der Waals surface area contributed by atoms with Crippen molar-refractivity contribution in [2.24, 2.45) is 0 Å². The highest BCUT2D eigenvalue weighted by Gasteiger charge is 2.06. The highest BCUT2D eigenvalue weighted by atomic mass is 32.2. The second-order valence-electron chi connectivity index (χ2n) is 5.68. The van der Waals surface area contributed by atoms with Gasteiger partial charge in [0.25, 0.3) is 0 Å². The van der Waals surface area contributed by atoms with Crippen molar-refractivity contribution in [3.63, 3.8) is 0 Å². The molecule has 3 aromatic rings. The summed E-state index contributed by atoms with van der Waals surface area (Å²) in [6, 6.07) is 14.3. The van der Waals surface area contributed by atoms with Gasteiger partial charge >= 0.3 is 0 Å². The quantitative estimate of drug-likeness (QED) is 0.632. The van der Waals surface area contributed by atoms with Crippen molar-refractivity contribution in [3.8, 4) is 11.4 Å². The van der Waals surface area contributed by atoms with Gasteiger partial charge in [0.1, 0.15) is 0 Å². The molecule has 7 heteroatoms. The van der Waals surface area contributed by atoms with Gasteiger partial charge < -0.3 is 5.32 Å². The highest BCUT2D eigenvalue weighted by Crippen LogP contribution is 2.21. The monoisotopic (exact) mass is 356 g/mol. The first kappa shape index (κ1) is 17.5. The van der Waals surface area contributed by atoms with Gasteiger partial charge in [0.15, 0.2) is 5.82 Å². The van der Waals surface area contributed by atoms with E-state index in [-0.39, 0.29) is 5.75 Å². The third-order valence-electron chi connectivity index (χ3n) is 3.90. The second kappa shape index (κ2) is 7.69. The lowest BCUT2D eigenvalue weighted by atomic mass is 10.1. The van der Waals surface area contributed by atoms with Crippen LogP contribution in [-0.4, -0.2) is 37.7 Å². The molecule has 130 valence electrons. The second-order valence-corrected chi connectivity index (χ2v) is 7.72. The largest absolute Gasteiger partial charge is 0.311 e. The minimum Gasteiger partial charge on any atom is -0.311 e. The van der Waals surface area contributed by atoms with Gasteiger partial charge in [0.05, 0.1) is 5.75 Å². The Balaban J connectivity index is 1.63. The molecular weight excluding hydrogens is 336 g/mol. The molecule has 0 fully saturated rings. The summed E-state index contributed by atoms with van der Waals surface area (Å²) in [5.41, 5.74) is 1.88. The van der Waals surface area contributed by atoms with Crippen molar-refractivity contribution >= 4 is 20.8 Å². The number of nitrogens with one attached hydrogen (secondary N) is 2. The van der Waals surface area contributed by atoms with Crippen LogP contribution in [-0.2, 0) is 16.6 Å². The predicted molar refractivity (Wildman–Crippen MR) is 99.5 cm³/mol. The van der Waals surface area contributed by atoms with E-state index in [1.165, 1.54) is 12.4 Å². The maximum absolute atomic E-state index is 11.3. The molecule has 0 spiro atoms. The molecule has 6 nitrogen and oxygen atoms in total. The van der Waals surface area contributed by atoms with Crippen LogP contribution in [0.4, 0.5) is 0 Å². The van der Waals surface area contributed by atoms with Gasteiger partial charge in [0.2, 0.25) is 10.0 Å². The summed E-state index contributed by atoms with van der Waals surface area (Å²) in [4.78, 5) is 8.84. The number of hydrogen-bond donors (Lipinski definition) is 2. The first-order valence-corrected chi connectivity index (χ1v) is 9.65. The molecule has 1 aromatic heterocycles. The predicted octanol–water partition coefficient (Wildman–Crippen LogP) is 1.94. The SMILES string of the molecule is CNS(=O)(=O)CCNCc1cnc(-c2ccc3ccccc3c2)nc1. The maximum Gasteiger partial charge on any atom is 0.212 e. The molecule has 0 saturated carbocycles. The van der Waals surface area contributed by atoms with E-state index in [9.17, 15) is 8.42 Å². The summed E-state index contributed by atoms with van der Waals surface area (Å²) < 4.78 is 24.9. The van der Waals surface area contributed by atoms with Gasteiger partial charge in [-0.05, 0) is 23.9 Å². The lowest BCUT2D eigenvalue weighted by Crippen LogP contribution is -2.29.